The van der Waals surface area contributed by atoms with Gasteiger partial charge in [0.05, 0.1) is 11.3 Å². The molecule has 2 heterocycles. The number of amides is 2. The number of likely N-dealkylation sites (N-methyl/N-ethyl adjacent to an activating group) is 1. The fourth-order valence-electron chi connectivity index (χ4n) is 5.58. The molecule has 0 N–H and O–H groups in total. The molecular formula is C25H32N2O6. The molecule has 1 aromatic rings. The van der Waals surface area contributed by atoms with E-state index in [0.717, 1.165) is 19.3 Å². The summed E-state index contributed by atoms with van der Waals surface area (Å²) >= 11 is 0. The lowest BCUT2D eigenvalue weighted by atomic mass is 9.75. The molecule has 2 fully saturated rings. The topological polar surface area (TPSA) is 93.2 Å². The van der Waals surface area contributed by atoms with E-state index in [2.05, 4.69) is 20.8 Å². The van der Waals surface area contributed by atoms with Crippen molar-refractivity contribution in [2.75, 3.05) is 18.6 Å². The van der Waals surface area contributed by atoms with Crippen LogP contribution in [0.1, 0.15) is 63.2 Å². The Kier molecular flexibility index (Phi) is 6.20. The summed E-state index contributed by atoms with van der Waals surface area (Å²) in [5, 5.41) is 0. The third kappa shape index (κ3) is 3.89. The van der Waals surface area contributed by atoms with Crippen LogP contribution in [-0.4, -0.2) is 54.1 Å². The number of nitrogens with zero attached hydrogens (tertiary/aromatic N) is 2. The molecule has 1 aromatic carbocycles. The van der Waals surface area contributed by atoms with Crippen LogP contribution in [0.25, 0.3) is 0 Å². The van der Waals surface area contributed by atoms with E-state index in [4.69, 9.17) is 9.47 Å². The quantitative estimate of drug-likeness (QED) is 0.632. The summed E-state index contributed by atoms with van der Waals surface area (Å²) in [6.45, 7) is 5.85. The maximum Gasteiger partial charge on any atom is 0.354 e. The average Bonchev–Trinajstić information content (AvgIpc) is 3.14. The number of ether oxygens (including phenoxy) is 2. The first-order chi connectivity index (χ1) is 15.7. The Morgan fingerprint density at radius 2 is 1.91 bits per heavy atom. The fourth-order valence-corrected chi connectivity index (χ4v) is 5.58. The Labute approximate surface area is 194 Å². The van der Waals surface area contributed by atoms with Gasteiger partial charge in [0.15, 0.2) is 6.61 Å². The summed E-state index contributed by atoms with van der Waals surface area (Å²) in [5.41, 5.74) is -0.856. The minimum Gasteiger partial charge on any atom is -0.460 e. The number of hydrogen-bond acceptors (Lipinski definition) is 6. The van der Waals surface area contributed by atoms with Gasteiger partial charge in [-0.25, -0.2) is 9.59 Å². The van der Waals surface area contributed by atoms with Crippen molar-refractivity contribution in [1.29, 1.82) is 0 Å². The van der Waals surface area contributed by atoms with Crippen LogP contribution in [-0.2, 0) is 23.9 Å². The second-order valence-corrected chi connectivity index (χ2v) is 9.86. The van der Waals surface area contributed by atoms with Gasteiger partial charge in [0.2, 0.25) is 11.6 Å². The van der Waals surface area contributed by atoms with E-state index in [-0.39, 0.29) is 36.7 Å². The summed E-state index contributed by atoms with van der Waals surface area (Å²) in [6.07, 6.45) is 2.91. The first-order valence-electron chi connectivity index (χ1n) is 11.7. The van der Waals surface area contributed by atoms with E-state index in [9.17, 15) is 19.2 Å². The predicted molar refractivity (Wildman–Crippen MR) is 120 cm³/mol. The molecule has 2 amide bonds. The molecule has 4 rings (SSSR count). The molecule has 0 bridgehead atoms. The van der Waals surface area contributed by atoms with Gasteiger partial charge in [-0.15, -0.1) is 0 Å². The first-order valence-corrected chi connectivity index (χ1v) is 11.7. The molecule has 1 aliphatic carbocycles. The molecule has 3 aliphatic rings. The average molecular weight is 457 g/mol. The Morgan fingerprint density at radius 1 is 1.18 bits per heavy atom. The van der Waals surface area contributed by atoms with Crippen molar-refractivity contribution in [2.45, 2.75) is 64.6 Å². The van der Waals surface area contributed by atoms with Gasteiger partial charge in [0, 0.05) is 19.9 Å². The molecule has 8 nitrogen and oxygen atoms in total. The van der Waals surface area contributed by atoms with Crippen molar-refractivity contribution in [3.05, 3.63) is 29.8 Å². The number of anilines is 1. The van der Waals surface area contributed by atoms with Crippen molar-refractivity contribution >= 4 is 29.4 Å². The van der Waals surface area contributed by atoms with Crippen molar-refractivity contribution in [1.82, 2.24) is 4.90 Å². The number of para-hydroxylation sites is 1. The largest absolute Gasteiger partial charge is 0.460 e. The van der Waals surface area contributed by atoms with E-state index in [1.165, 1.54) is 16.8 Å². The van der Waals surface area contributed by atoms with Gasteiger partial charge < -0.3 is 14.4 Å². The van der Waals surface area contributed by atoms with Crippen molar-refractivity contribution in [3.8, 4) is 0 Å². The van der Waals surface area contributed by atoms with Crippen LogP contribution in [0.2, 0.25) is 0 Å². The zero-order chi connectivity index (χ0) is 23.9. The second kappa shape index (κ2) is 8.80. The smallest absolute Gasteiger partial charge is 0.354 e. The number of fused-ring (bicyclic) bond motifs is 3. The Balaban J connectivity index is 1.49. The zero-order valence-electron chi connectivity index (χ0n) is 19.7. The van der Waals surface area contributed by atoms with Gasteiger partial charge in [0.25, 0.3) is 5.91 Å². The predicted octanol–water partition coefficient (Wildman–Crippen LogP) is 3.14. The fraction of sp³-hybridized carbons (Fsp3) is 0.600. The van der Waals surface area contributed by atoms with Gasteiger partial charge in [0.1, 0.15) is 6.10 Å². The van der Waals surface area contributed by atoms with Gasteiger partial charge >= 0.3 is 11.9 Å². The number of carbonyl (C=O) groups is 4. The molecule has 1 saturated heterocycles. The van der Waals surface area contributed by atoms with Crippen LogP contribution in [0.15, 0.2) is 24.3 Å². The second-order valence-electron chi connectivity index (χ2n) is 9.86. The van der Waals surface area contributed by atoms with E-state index in [0.29, 0.717) is 23.1 Å². The van der Waals surface area contributed by atoms with Crippen LogP contribution in [0.4, 0.5) is 5.69 Å². The van der Waals surface area contributed by atoms with Crippen molar-refractivity contribution in [2.24, 2.45) is 17.8 Å². The van der Waals surface area contributed by atoms with Gasteiger partial charge in [-0.1, -0.05) is 39.3 Å². The summed E-state index contributed by atoms with van der Waals surface area (Å²) in [7, 11) is 1.49. The molecule has 2 aliphatic heterocycles. The van der Waals surface area contributed by atoms with Gasteiger partial charge in [-0.2, -0.15) is 0 Å². The van der Waals surface area contributed by atoms with E-state index in [1.807, 2.05) is 0 Å². The minimum absolute atomic E-state index is 0.0987. The number of carbonyl (C=O) groups excluding carboxylic acids is 4. The molecule has 0 radical (unpaired) electrons. The Morgan fingerprint density at radius 3 is 2.64 bits per heavy atom. The monoisotopic (exact) mass is 456 g/mol. The molecule has 1 saturated carbocycles. The number of benzene rings is 1. The van der Waals surface area contributed by atoms with Gasteiger partial charge in [-0.05, 0) is 42.7 Å². The lowest BCUT2D eigenvalue weighted by Crippen LogP contribution is -2.67. The molecule has 4 atom stereocenters. The SMILES string of the molecule is CC1CCC(C(C)C)C(OC(=O)COC(=O)C23CCC(=O)N2c2ccccc2C(=O)N3C)C1. The highest BCUT2D eigenvalue weighted by Crippen LogP contribution is 2.44. The lowest BCUT2D eigenvalue weighted by Gasteiger charge is -2.46. The lowest BCUT2D eigenvalue weighted by molar-refractivity contribution is -0.171. The Bertz CT molecular complexity index is 975. The molecule has 8 heteroatoms. The van der Waals surface area contributed by atoms with Crippen molar-refractivity contribution < 1.29 is 28.7 Å². The molecular weight excluding hydrogens is 424 g/mol. The molecule has 33 heavy (non-hydrogen) atoms. The van der Waals surface area contributed by atoms with Crippen LogP contribution in [0, 0.1) is 17.8 Å². The van der Waals surface area contributed by atoms with E-state index in [1.54, 1.807) is 24.3 Å². The van der Waals surface area contributed by atoms with E-state index < -0.39 is 24.2 Å². The third-order valence-electron chi connectivity index (χ3n) is 7.43. The molecule has 0 spiro atoms. The maximum atomic E-state index is 13.3. The summed E-state index contributed by atoms with van der Waals surface area (Å²) in [6, 6.07) is 6.70. The third-order valence-corrected chi connectivity index (χ3v) is 7.43. The first kappa shape index (κ1) is 23.3. The summed E-state index contributed by atoms with van der Waals surface area (Å²) in [4.78, 5) is 54.3. The number of rotatable bonds is 5. The highest BCUT2D eigenvalue weighted by Gasteiger charge is 2.61. The summed E-state index contributed by atoms with van der Waals surface area (Å²) < 4.78 is 11.1. The summed E-state index contributed by atoms with van der Waals surface area (Å²) in [5.74, 6) is -0.903. The number of esters is 2. The van der Waals surface area contributed by atoms with E-state index >= 15 is 0 Å². The van der Waals surface area contributed by atoms with Crippen LogP contribution in [0.5, 0.6) is 0 Å². The standard InChI is InChI=1S/C25H32N2O6/c1-15(2)17-10-9-16(3)13-20(17)33-22(29)14-32-24(31)25-12-11-21(28)27(25)19-8-6-5-7-18(19)23(30)26(25)4/h5-8,15-17,20H,9-14H2,1-4H3. The highest BCUT2D eigenvalue weighted by molar-refractivity contribution is 6.15. The van der Waals surface area contributed by atoms with Crippen molar-refractivity contribution in [3.63, 3.8) is 0 Å². The van der Waals surface area contributed by atoms with Crippen LogP contribution in [0.3, 0.4) is 0 Å². The Hall–Kier alpha value is -2.90. The number of hydrogen-bond donors (Lipinski definition) is 0. The molecule has 4 unspecified atom stereocenters. The molecule has 178 valence electrons. The van der Waals surface area contributed by atoms with Crippen LogP contribution < -0.4 is 4.90 Å². The minimum atomic E-state index is -1.59. The normalized spacial score (nSPS) is 29.1. The van der Waals surface area contributed by atoms with Crippen LogP contribution >= 0.6 is 0 Å². The zero-order valence-corrected chi connectivity index (χ0v) is 19.7. The highest BCUT2D eigenvalue weighted by atomic mass is 16.6. The maximum absolute atomic E-state index is 13.3. The van der Waals surface area contributed by atoms with Gasteiger partial charge in [-0.3, -0.25) is 14.5 Å². The molecule has 0 aromatic heterocycles.